The van der Waals surface area contributed by atoms with Crippen LogP contribution in [0.25, 0.3) is 54.9 Å². The fourth-order valence-corrected chi connectivity index (χ4v) is 4.93. The zero-order valence-electron chi connectivity index (χ0n) is 22.4. The highest BCUT2D eigenvalue weighted by Crippen LogP contribution is 2.48. The first-order valence-corrected chi connectivity index (χ1v) is 13.3. The molecule has 6 aromatic carbocycles. The Morgan fingerprint density at radius 2 is 0.684 bits per heavy atom. The van der Waals surface area contributed by atoms with Crippen LogP contribution in [0, 0.1) is 0 Å². The van der Waals surface area contributed by atoms with Gasteiger partial charge in [0.15, 0.2) is 0 Å². The molecule has 0 saturated heterocycles. The molecule has 0 heterocycles. The Labute approximate surface area is 225 Å². The molecule has 0 saturated carbocycles. The van der Waals surface area contributed by atoms with Crippen LogP contribution in [0.5, 0.6) is 11.5 Å². The van der Waals surface area contributed by atoms with Crippen molar-refractivity contribution in [1.82, 2.24) is 0 Å². The summed E-state index contributed by atoms with van der Waals surface area (Å²) >= 11 is 0. The van der Waals surface area contributed by atoms with Gasteiger partial charge in [-0.15, -0.1) is 0 Å². The van der Waals surface area contributed by atoms with Crippen molar-refractivity contribution in [2.45, 2.75) is 27.7 Å². The van der Waals surface area contributed by atoms with Crippen LogP contribution in [0.1, 0.15) is 27.7 Å². The third-order valence-electron chi connectivity index (χ3n) is 6.50. The summed E-state index contributed by atoms with van der Waals surface area (Å²) in [6.45, 7) is 8.00. The summed E-state index contributed by atoms with van der Waals surface area (Å²) in [7, 11) is 0. The lowest BCUT2D eigenvalue weighted by atomic mass is 9.83. The largest absolute Gasteiger partial charge is 0.507 e. The van der Waals surface area contributed by atoms with E-state index in [4.69, 9.17) is 0 Å². The van der Waals surface area contributed by atoms with E-state index < -0.39 is 0 Å². The quantitative estimate of drug-likeness (QED) is 0.255. The molecule has 2 N–H and O–H groups in total. The molecule has 0 spiro atoms. The predicted octanol–water partition coefficient (Wildman–Crippen LogP) is 10.5. The number of rotatable bonds is 3. The molecule has 0 aliphatic heterocycles. The standard InChI is InChI=1S/C32H22O2.2C2H6/c33-29-15-7-5-13-25(29)27-19-17-21-9-1-3-11-23(21)31(27)32-24-12-4-2-10-22(24)18-20-28(32)26-14-6-8-16-30(26)34;2*1-2/h1-20,33-34H;2*1-2H3. The number of phenols is 2. The van der Waals surface area contributed by atoms with E-state index in [1.54, 1.807) is 12.1 Å². The van der Waals surface area contributed by atoms with E-state index in [0.29, 0.717) is 0 Å². The Balaban J connectivity index is 0.000000804. The molecule has 2 heteroatoms. The Kier molecular flexibility index (Phi) is 8.45. The molecule has 0 radical (unpaired) electrons. The number of aromatic hydroxyl groups is 2. The number of benzene rings is 6. The minimum absolute atomic E-state index is 0.239. The Hall–Kier alpha value is -4.56. The van der Waals surface area contributed by atoms with Crippen LogP contribution in [0.3, 0.4) is 0 Å². The van der Waals surface area contributed by atoms with Crippen molar-refractivity contribution >= 4 is 21.5 Å². The second kappa shape index (κ2) is 12.1. The van der Waals surface area contributed by atoms with Gasteiger partial charge in [0.2, 0.25) is 0 Å². The third kappa shape index (κ3) is 4.86. The maximum absolute atomic E-state index is 10.8. The first-order valence-electron chi connectivity index (χ1n) is 13.3. The van der Waals surface area contributed by atoms with Gasteiger partial charge >= 0.3 is 0 Å². The summed E-state index contributed by atoms with van der Waals surface area (Å²) in [6.07, 6.45) is 0. The predicted molar refractivity (Wildman–Crippen MR) is 164 cm³/mol. The fourth-order valence-electron chi connectivity index (χ4n) is 4.93. The van der Waals surface area contributed by atoms with Gasteiger partial charge in [-0.25, -0.2) is 0 Å². The SMILES string of the molecule is CC.CC.Oc1ccccc1-c1ccc2ccccc2c1-c1c(-c2ccccc2O)ccc2ccccc12. The Morgan fingerprint density at radius 3 is 1.08 bits per heavy atom. The second-order valence-corrected chi connectivity index (χ2v) is 8.45. The monoisotopic (exact) mass is 498 g/mol. The molecule has 0 atom stereocenters. The van der Waals surface area contributed by atoms with Crippen molar-refractivity contribution in [3.8, 4) is 44.9 Å². The van der Waals surface area contributed by atoms with Gasteiger partial charge in [0, 0.05) is 11.1 Å². The van der Waals surface area contributed by atoms with E-state index in [2.05, 4.69) is 48.5 Å². The van der Waals surface area contributed by atoms with Crippen LogP contribution in [0.15, 0.2) is 121 Å². The molecular formula is C36H34O2. The highest BCUT2D eigenvalue weighted by molar-refractivity contribution is 6.15. The molecule has 190 valence electrons. The van der Waals surface area contributed by atoms with E-state index >= 15 is 0 Å². The van der Waals surface area contributed by atoms with Crippen molar-refractivity contribution < 1.29 is 10.2 Å². The summed E-state index contributed by atoms with van der Waals surface area (Å²) in [5.41, 5.74) is 5.53. The van der Waals surface area contributed by atoms with Crippen molar-refractivity contribution in [2.24, 2.45) is 0 Å². The summed E-state index contributed by atoms with van der Waals surface area (Å²) in [4.78, 5) is 0. The molecule has 6 rings (SSSR count). The summed E-state index contributed by atoms with van der Waals surface area (Å²) in [5, 5.41) is 26.0. The second-order valence-electron chi connectivity index (χ2n) is 8.45. The first kappa shape index (κ1) is 26.5. The number of para-hydroxylation sites is 2. The van der Waals surface area contributed by atoms with Crippen LogP contribution in [-0.4, -0.2) is 10.2 Å². The van der Waals surface area contributed by atoms with Crippen LogP contribution < -0.4 is 0 Å². The Morgan fingerprint density at radius 1 is 0.342 bits per heavy atom. The molecule has 38 heavy (non-hydrogen) atoms. The van der Waals surface area contributed by atoms with E-state index in [0.717, 1.165) is 54.9 Å². The van der Waals surface area contributed by atoms with Crippen LogP contribution in [0.2, 0.25) is 0 Å². The van der Waals surface area contributed by atoms with Crippen LogP contribution in [-0.2, 0) is 0 Å². The summed E-state index contributed by atoms with van der Waals surface area (Å²) in [5.74, 6) is 0.478. The minimum atomic E-state index is 0.239. The maximum atomic E-state index is 10.8. The average molecular weight is 499 g/mol. The van der Waals surface area contributed by atoms with Crippen LogP contribution >= 0.6 is 0 Å². The zero-order chi connectivity index (χ0) is 27.1. The van der Waals surface area contributed by atoms with Gasteiger partial charge in [0.1, 0.15) is 11.5 Å². The van der Waals surface area contributed by atoms with Gasteiger partial charge in [-0.2, -0.15) is 0 Å². The van der Waals surface area contributed by atoms with Gasteiger partial charge in [0.05, 0.1) is 0 Å². The van der Waals surface area contributed by atoms with Crippen molar-refractivity contribution in [1.29, 1.82) is 0 Å². The highest BCUT2D eigenvalue weighted by Gasteiger charge is 2.20. The molecular weight excluding hydrogens is 464 g/mol. The lowest BCUT2D eigenvalue weighted by Gasteiger charge is -2.20. The molecule has 0 unspecified atom stereocenters. The smallest absolute Gasteiger partial charge is 0.123 e. The number of fused-ring (bicyclic) bond motifs is 2. The number of hydrogen-bond donors (Lipinski definition) is 2. The van der Waals surface area contributed by atoms with Crippen molar-refractivity contribution in [3.05, 3.63) is 121 Å². The number of hydrogen-bond acceptors (Lipinski definition) is 2. The van der Waals surface area contributed by atoms with Crippen molar-refractivity contribution in [3.63, 3.8) is 0 Å². The normalized spacial score (nSPS) is 10.3. The van der Waals surface area contributed by atoms with Gasteiger partial charge in [-0.1, -0.05) is 137 Å². The fraction of sp³-hybridized carbons (Fsp3) is 0.111. The molecule has 0 aromatic heterocycles. The van der Waals surface area contributed by atoms with Gasteiger partial charge in [-0.3, -0.25) is 0 Å². The third-order valence-corrected chi connectivity index (χ3v) is 6.50. The summed E-state index contributed by atoms with van der Waals surface area (Å²) in [6, 6.07) is 39.9. The lowest BCUT2D eigenvalue weighted by molar-refractivity contribution is 0.477. The van der Waals surface area contributed by atoms with E-state index in [1.165, 1.54) is 0 Å². The first-order chi connectivity index (χ1) is 18.7. The average Bonchev–Trinajstić information content (AvgIpc) is 2.99. The molecule has 0 amide bonds. The van der Waals surface area contributed by atoms with E-state index in [1.807, 2.05) is 88.4 Å². The van der Waals surface area contributed by atoms with Crippen molar-refractivity contribution in [2.75, 3.05) is 0 Å². The molecule has 0 aliphatic rings. The maximum Gasteiger partial charge on any atom is 0.123 e. The highest BCUT2D eigenvalue weighted by atomic mass is 16.3. The molecule has 6 aromatic rings. The lowest BCUT2D eigenvalue weighted by Crippen LogP contribution is -1.93. The number of phenolic OH excluding ortho intramolecular Hbond substituents is 2. The van der Waals surface area contributed by atoms with E-state index in [-0.39, 0.29) is 11.5 Å². The minimum Gasteiger partial charge on any atom is -0.507 e. The summed E-state index contributed by atoms with van der Waals surface area (Å²) < 4.78 is 0. The van der Waals surface area contributed by atoms with Gasteiger partial charge in [-0.05, 0) is 55.9 Å². The molecule has 2 nitrogen and oxygen atoms in total. The topological polar surface area (TPSA) is 40.5 Å². The Bertz CT molecular complexity index is 1550. The molecule has 0 fully saturated rings. The van der Waals surface area contributed by atoms with Crippen LogP contribution in [0.4, 0.5) is 0 Å². The van der Waals surface area contributed by atoms with E-state index in [9.17, 15) is 10.2 Å². The van der Waals surface area contributed by atoms with Gasteiger partial charge < -0.3 is 10.2 Å². The molecule has 0 aliphatic carbocycles. The molecule has 0 bridgehead atoms. The van der Waals surface area contributed by atoms with Gasteiger partial charge in [0.25, 0.3) is 0 Å². The zero-order valence-corrected chi connectivity index (χ0v) is 22.4.